The zero-order valence-corrected chi connectivity index (χ0v) is 9.88. The van der Waals surface area contributed by atoms with Crippen molar-refractivity contribution in [3.05, 3.63) is 40.4 Å². The van der Waals surface area contributed by atoms with E-state index in [9.17, 15) is 4.79 Å². The number of carbonyl (C=O) groups excluding carboxylic acids is 1. The predicted molar refractivity (Wildman–Crippen MR) is 63.9 cm³/mol. The SMILES string of the molecule is Cc1ccc(C=CC(=O)N(C)C)cc1Cl. The van der Waals surface area contributed by atoms with Gasteiger partial charge in [-0.05, 0) is 30.2 Å². The third-order valence-corrected chi connectivity index (χ3v) is 2.46. The summed E-state index contributed by atoms with van der Waals surface area (Å²) in [6.45, 7) is 1.95. The van der Waals surface area contributed by atoms with E-state index in [0.717, 1.165) is 16.1 Å². The van der Waals surface area contributed by atoms with Gasteiger partial charge in [0.05, 0.1) is 0 Å². The summed E-state index contributed by atoms with van der Waals surface area (Å²) in [5, 5.41) is 0.717. The lowest BCUT2D eigenvalue weighted by atomic mass is 10.1. The Morgan fingerprint density at radius 1 is 1.40 bits per heavy atom. The molecule has 1 aromatic carbocycles. The molecule has 0 aliphatic carbocycles. The number of hydrogen-bond donors (Lipinski definition) is 0. The van der Waals surface area contributed by atoms with Crippen molar-refractivity contribution in [1.29, 1.82) is 0 Å². The Balaban J connectivity index is 2.81. The summed E-state index contributed by atoms with van der Waals surface area (Å²) in [5.41, 5.74) is 1.97. The molecular weight excluding hydrogens is 210 g/mol. The highest BCUT2D eigenvalue weighted by molar-refractivity contribution is 6.31. The van der Waals surface area contributed by atoms with E-state index in [1.54, 1.807) is 20.2 Å². The third kappa shape index (κ3) is 3.40. The van der Waals surface area contributed by atoms with Crippen molar-refractivity contribution < 1.29 is 4.79 Å². The van der Waals surface area contributed by atoms with E-state index >= 15 is 0 Å². The van der Waals surface area contributed by atoms with Crippen molar-refractivity contribution in [1.82, 2.24) is 4.90 Å². The molecule has 1 rings (SSSR count). The standard InChI is InChI=1S/C12H14ClNO/c1-9-4-5-10(8-11(9)13)6-7-12(15)14(2)3/h4-8H,1-3H3. The minimum atomic E-state index is -0.0355. The Morgan fingerprint density at radius 3 is 2.60 bits per heavy atom. The minimum absolute atomic E-state index is 0.0355. The van der Waals surface area contributed by atoms with Crippen LogP contribution in [0.1, 0.15) is 11.1 Å². The van der Waals surface area contributed by atoms with Crippen LogP contribution in [0.3, 0.4) is 0 Å². The van der Waals surface area contributed by atoms with Crippen LogP contribution in [0.25, 0.3) is 6.08 Å². The van der Waals surface area contributed by atoms with Crippen LogP contribution in [-0.2, 0) is 4.79 Å². The maximum absolute atomic E-state index is 11.3. The number of halogens is 1. The van der Waals surface area contributed by atoms with Crippen LogP contribution >= 0.6 is 11.6 Å². The zero-order chi connectivity index (χ0) is 11.4. The maximum atomic E-state index is 11.3. The molecule has 0 fully saturated rings. The summed E-state index contributed by atoms with van der Waals surface area (Å²) in [6.07, 6.45) is 3.29. The van der Waals surface area contributed by atoms with Crippen LogP contribution < -0.4 is 0 Å². The lowest BCUT2D eigenvalue weighted by Gasteiger charge is -2.05. The van der Waals surface area contributed by atoms with Gasteiger partial charge in [0.25, 0.3) is 0 Å². The van der Waals surface area contributed by atoms with Crippen molar-refractivity contribution in [2.45, 2.75) is 6.92 Å². The van der Waals surface area contributed by atoms with Crippen molar-refractivity contribution in [2.75, 3.05) is 14.1 Å². The van der Waals surface area contributed by atoms with E-state index < -0.39 is 0 Å². The van der Waals surface area contributed by atoms with Gasteiger partial charge in [-0.2, -0.15) is 0 Å². The second-order valence-electron chi connectivity index (χ2n) is 3.57. The average molecular weight is 224 g/mol. The fourth-order valence-electron chi connectivity index (χ4n) is 1.03. The molecule has 0 aromatic heterocycles. The largest absolute Gasteiger partial charge is 0.345 e. The first-order valence-electron chi connectivity index (χ1n) is 4.66. The van der Waals surface area contributed by atoms with Crippen LogP contribution in [0.15, 0.2) is 24.3 Å². The van der Waals surface area contributed by atoms with Crippen LogP contribution in [0.2, 0.25) is 5.02 Å². The fraction of sp³-hybridized carbons (Fsp3) is 0.250. The molecular formula is C12H14ClNO. The van der Waals surface area contributed by atoms with Gasteiger partial charge in [0.15, 0.2) is 0 Å². The molecule has 0 saturated carbocycles. The number of rotatable bonds is 2. The van der Waals surface area contributed by atoms with Crippen LogP contribution in [-0.4, -0.2) is 24.9 Å². The molecule has 0 spiro atoms. The van der Waals surface area contributed by atoms with Gasteiger partial charge in [-0.1, -0.05) is 23.7 Å². The number of benzene rings is 1. The number of carbonyl (C=O) groups is 1. The molecule has 0 unspecified atom stereocenters. The molecule has 0 saturated heterocycles. The fourth-order valence-corrected chi connectivity index (χ4v) is 1.22. The number of nitrogens with zero attached hydrogens (tertiary/aromatic N) is 1. The summed E-state index contributed by atoms with van der Waals surface area (Å²) in [4.78, 5) is 12.8. The third-order valence-electron chi connectivity index (χ3n) is 2.06. The molecule has 1 amide bonds. The summed E-state index contributed by atoms with van der Waals surface area (Å²) in [6, 6.07) is 5.71. The molecule has 0 atom stereocenters. The average Bonchev–Trinajstić information content (AvgIpc) is 2.19. The van der Waals surface area contributed by atoms with Gasteiger partial charge >= 0.3 is 0 Å². The van der Waals surface area contributed by atoms with Crippen LogP contribution in [0.4, 0.5) is 0 Å². The summed E-state index contributed by atoms with van der Waals surface area (Å²) in [7, 11) is 3.43. The number of hydrogen-bond acceptors (Lipinski definition) is 1. The monoisotopic (exact) mass is 223 g/mol. The maximum Gasteiger partial charge on any atom is 0.246 e. The molecule has 80 valence electrons. The molecule has 0 aliphatic heterocycles. The second kappa shape index (κ2) is 4.99. The molecule has 0 aliphatic rings. The van der Waals surface area contributed by atoms with Crippen molar-refractivity contribution in [2.24, 2.45) is 0 Å². The molecule has 0 bridgehead atoms. The van der Waals surface area contributed by atoms with Gasteiger partial charge in [-0.25, -0.2) is 0 Å². The van der Waals surface area contributed by atoms with E-state index in [-0.39, 0.29) is 5.91 Å². The quantitative estimate of drug-likeness (QED) is 0.706. The van der Waals surface area contributed by atoms with Crippen molar-refractivity contribution in [3.8, 4) is 0 Å². The van der Waals surface area contributed by atoms with Crippen molar-refractivity contribution >= 4 is 23.6 Å². The Hall–Kier alpha value is -1.28. The minimum Gasteiger partial charge on any atom is -0.345 e. The number of likely N-dealkylation sites (N-methyl/N-ethyl adjacent to an activating group) is 1. The van der Waals surface area contributed by atoms with Gasteiger partial charge in [-0.3, -0.25) is 4.79 Å². The normalized spacial score (nSPS) is 10.7. The van der Waals surface area contributed by atoms with Crippen LogP contribution in [0, 0.1) is 6.92 Å². The van der Waals surface area contributed by atoms with Gasteiger partial charge < -0.3 is 4.90 Å². The second-order valence-corrected chi connectivity index (χ2v) is 3.98. The Morgan fingerprint density at radius 2 is 2.07 bits per heavy atom. The lowest BCUT2D eigenvalue weighted by molar-refractivity contribution is -0.123. The number of aryl methyl sites for hydroxylation is 1. The van der Waals surface area contributed by atoms with E-state index in [4.69, 9.17) is 11.6 Å². The van der Waals surface area contributed by atoms with E-state index in [1.807, 2.05) is 25.1 Å². The first-order valence-corrected chi connectivity index (χ1v) is 5.04. The Labute approximate surface area is 95.2 Å². The smallest absolute Gasteiger partial charge is 0.246 e. The van der Waals surface area contributed by atoms with Gasteiger partial charge in [-0.15, -0.1) is 0 Å². The molecule has 0 radical (unpaired) electrons. The first kappa shape index (κ1) is 11.8. The predicted octanol–water partition coefficient (Wildman–Crippen LogP) is 2.75. The molecule has 3 heteroatoms. The lowest BCUT2D eigenvalue weighted by Crippen LogP contribution is -2.18. The molecule has 0 N–H and O–H groups in total. The summed E-state index contributed by atoms with van der Waals surface area (Å²) in [5.74, 6) is -0.0355. The van der Waals surface area contributed by atoms with E-state index in [1.165, 1.54) is 11.0 Å². The van der Waals surface area contributed by atoms with Gasteiger partial charge in [0.2, 0.25) is 5.91 Å². The highest BCUT2D eigenvalue weighted by Crippen LogP contribution is 2.17. The van der Waals surface area contributed by atoms with Gasteiger partial charge in [0, 0.05) is 25.2 Å². The van der Waals surface area contributed by atoms with Crippen LogP contribution in [0.5, 0.6) is 0 Å². The van der Waals surface area contributed by atoms with Gasteiger partial charge in [0.1, 0.15) is 0 Å². The Bertz CT molecular complexity index is 397. The topological polar surface area (TPSA) is 20.3 Å². The molecule has 1 aromatic rings. The highest BCUT2D eigenvalue weighted by atomic mass is 35.5. The highest BCUT2D eigenvalue weighted by Gasteiger charge is 1.98. The summed E-state index contributed by atoms with van der Waals surface area (Å²) < 4.78 is 0. The number of amides is 1. The molecule has 0 heterocycles. The Kier molecular flexibility index (Phi) is 3.92. The summed E-state index contributed by atoms with van der Waals surface area (Å²) >= 11 is 5.96. The first-order chi connectivity index (χ1) is 7.00. The van der Waals surface area contributed by atoms with E-state index in [0.29, 0.717) is 0 Å². The zero-order valence-electron chi connectivity index (χ0n) is 9.12. The van der Waals surface area contributed by atoms with E-state index in [2.05, 4.69) is 0 Å². The van der Waals surface area contributed by atoms with Crippen molar-refractivity contribution in [3.63, 3.8) is 0 Å². The molecule has 2 nitrogen and oxygen atoms in total. The molecule has 15 heavy (non-hydrogen) atoms.